The van der Waals surface area contributed by atoms with Crippen molar-refractivity contribution in [2.75, 3.05) is 0 Å². The fourth-order valence-corrected chi connectivity index (χ4v) is 1.28. The van der Waals surface area contributed by atoms with E-state index in [1.165, 1.54) is 6.26 Å². The molecule has 0 radical (unpaired) electrons. The summed E-state index contributed by atoms with van der Waals surface area (Å²) in [5.41, 5.74) is 0. The molecule has 0 bridgehead atoms. The van der Waals surface area contributed by atoms with E-state index in [0.717, 1.165) is 5.76 Å². The molecule has 0 fully saturated rings. The molecule has 1 N–H and O–H groups in total. The molecule has 0 aromatic carbocycles. The predicted octanol–water partition coefficient (Wildman–Crippen LogP) is 2.36. The lowest BCUT2D eigenvalue weighted by Gasteiger charge is -2.09. The van der Waals surface area contributed by atoms with Crippen LogP contribution >= 0.6 is 0 Å². The van der Waals surface area contributed by atoms with Crippen molar-refractivity contribution in [3.05, 3.63) is 48.3 Å². The number of hydrogen-bond acceptors (Lipinski definition) is 3. The Labute approximate surface area is 86.9 Å². The quantitative estimate of drug-likeness (QED) is 0.836. The summed E-state index contributed by atoms with van der Waals surface area (Å²) < 4.78 is 10.1. The van der Waals surface area contributed by atoms with E-state index in [1.807, 2.05) is 13.0 Å². The lowest BCUT2D eigenvalue weighted by Crippen LogP contribution is -2.25. The Morgan fingerprint density at radius 2 is 2.00 bits per heavy atom. The van der Waals surface area contributed by atoms with Crippen molar-refractivity contribution in [2.45, 2.75) is 13.0 Å². The first-order valence-electron chi connectivity index (χ1n) is 4.65. The minimum Gasteiger partial charge on any atom is -0.467 e. The topological polar surface area (TPSA) is 55.4 Å². The van der Waals surface area contributed by atoms with Crippen molar-refractivity contribution in [3.63, 3.8) is 0 Å². The van der Waals surface area contributed by atoms with Gasteiger partial charge in [0.15, 0.2) is 5.76 Å². The highest BCUT2D eigenvalue weighted by Gasteiger charge is 2.14. The molecule has 4 heteroatoms. The third-order valence-electron chi connectivity index (χ3n) is 2.06. The maximum absolute atomic E-state index is 11.6. The van der Waals surface area contributed by atoms with E-state index in [0.29, 0.717) is 5.76 Å². The third-order valence-corrected chi connectivity index (χ3v) is 2.06. The van der Waals surface area contributed by atoms with Gasteiger partial charge in [-0.1, -0.05) is 0 Å². The number of carbonyl (C=O) groups is 1. The summed E-state index contributed by atoms with van der Waals surface area (Å²) in [5, 5.41) is 2.76. The first kappa shape index (κ1) is 9.58. The normalized spacial score (nSPS) is 12.3. The molecule has 2 heterocycles. The molecule has 1 atom stereocenters. The van der Waals surface area contributed by atoms with Crippen molar-refractivity contribution >= 4 is 5.91 Å². The lowest BCUT2D eigenvalue weighted by molar-refractivity contribution is 0.0907. The molecule has 0 aliphatic carbocycles. The van der Waals surface area contributed by atoms with Crippen LogP contribution in [0, 0.1) is 0 Å². The fraction of sp³-hybridized carbons (Fsp3) is 0.182. The largest absolute Gasteiger partial charge is 0.467 e. The zero-order valence-electron chi connectivity index (χ0n) is 8.27. The van der Waals surface area contributed by atoms with Gasteiger partial charge in [-0.3, -0.25) is 4.79 Å². The van der Waals surface area contributed by atoms with Crippen molar-refractivity contribution in [2.24, 2.45) is 0 Å². The van der Waals surface area contributed by atoms with Gasteiger partial charge in [0, 0.05) is 0 Å². The SMILES string of the molecule is CC(NC(=O)c1ccco1)c1ccco1. The van der Waals surface area contributed by atoms with Crippen molar-refractivity contribution in [1.82, 2.24) is 5.32 Å². The first-order valence-corrected chi connectivity index (χ1v) is 4.65. The maximum atomic E-state index is 11.6. The molecule has 2 aromatic rings. The highest BCUT2D eigenvalue weighted by atomic mass is 16.3. The second-order valence-electron chi connectivity index (χ2n) is 3.19. The van der Waals surface area contributed by atoms with Crippen LogP contribution in [0.1, 0.15) is 29.3 Å². The number of nitrogens with one attached hydrogen (secondary N) is 1. The van der Waals surface area contributed by atoms with Gasteiger partial charge in [0.1, 0.15) is 5.76 Å². The molecule has 1 amide bonds. The van der Waals surface area contributed by atoms with Crippen molar-refractivity contribution < 1.29 is 13.6 Å². The van der Waals surface area contributed by atoms with Gasteiger partial charge < -0.3 is 14.2 Å². The second kappa shape index (κ2) is 4.04. The van der Waals surface area contributed by atoms with E-state index in [2.05, 4.69) is 5.32 Å². The second-order valence-corrected chi connectivity index (χ2v) is 3.19. The standard InChI is InChI=1S/C11H11NO3/c1-8(9-4-2-6-14-9)12-11(13)10-5-3-7-15-10/h2-8H,1H3,(H,12,13). The highest BCUT2D eigenvalue weighted by molar-refractivity contribution is 5.91. The zero-order chi connectivity index (χ0) is 10.7. The smallest absolute Gasteiger partial charge is 0.287 e. The zero-order valence-corrected chi connectivity index (χ0v) is 8.27. The van der Waals surface area contributed by atoms with Gasteiger partial charge in [-0.05, 0) is 31.2 Å². The molecule has 0 saturated carbocycles. The summed E-state index contributed by atoms with van der Waals surface area (Å²) in [6, 6.07) is 6.71. The number of rotatable bonds is 3. The molecule has 0 saturated heterocycles. The fourth-order valence-electron chi connectivity index (χ4n) is 1.28. The number of carbonyl (C=O) groups excluding carboxylic acids is 1. The predicted molar refractivity (Wildman–Crippen MR) is 53.3 cm³/mol. The van der Waals surface area contributed by atoms with E-state index < -0.39 is 0 Å². The van der Waals surface area contributed by atoms with E-state index in [4.69, 9.17) is 8.83 Å². The molecule has 0 spiro atoms. The number of hydrogen-bond donors (Lipinski definition) is 1. The van der Waals surface area contributed by atoms with Crippen LogP contribution in [0.3, 0.4) is 0 Å². The third kappa shape index (κ3) is 2.10. The maximum Gasteiger partial charge on any atom is 0.287 e. The minimum absolute atomic E-state index is 0.169. The molecule has 15 heavy (non-hydrogen) atoms. The van der Waals surface area contributed by atoms with Crippen LogP contribution < -0.4 is 5.32 Å². The molecule has 2 aromatic heterocycles. The van der Waals surface area contributed by atoms with E-state index >= 15 is 0 Å². The molecular weight excluding hydrogens is 194 g/mol. The van der Waals surface area contributed by atoms with E-state index in [1.54, 1.807) is 24.5 Å². The molecule has 78 valence electrons. The summed E-state index contributed by atoms with van der Waals surface area (Å²) in [7, 11) is 0. The summed E-state index contributed by atoms with van der Waals surface area (Å²) in [6.45, 7) is 1.85. The Balaban J connectivity index is 2.01. The van der Waals surface area contributed by atoms with Crippen LogP contribution in [0.4, 0.5) is 0 Å². The van der Waals surface area contributed by atoms with Crippen LogP contribution in [-0.2, 0) is 0 Å². The molecule has 0 aliphatic heterocycles. The molecule has 2 rings (SSSR count). The van der Waals surface area contributed by atoms with Crippen molar-refractivity contribution in [1.29, 1.82) is 0 Å². The summed E-state index contributed by atoms with van der Waals surface area (Å²) in [5.74, 6) is 0.771. The van der Waals surface area contributed by atoms with Crippen LogP contribution in [0.25, 0.3) is 0 Å². The highest BCUT2D eigenvalue weighted by Crippen LogP contribution is 2.13. The van der Waals surface area contributed by atoms with Gasteiger partial charge in [-0.2, -0.15) is 0 Å². The van der Waals surface area contributed by atoms with Crippen molar-refractivity contribution in [3.8, 4) is 0 Å². The van der Waals surface area contributed by atoms with Crippen LogP contribution in [0.15, 0.2) is 45.6 Å². The average Bonchev–Trinajstić information content (AvgIpc) is 2.91. The monoisotopic (exact) mass is 205 g/mol. The number of furan rings is 2. The summed E-state index contributed by atoms with van der Waals surface area (Å²) in [6.07, 6.45) is 3.04. The molecular formula is C11H11NO3. The van der Waals surface area contributed by atoms with Crippen LogP contribution in [0.2, 0.25) is 0 Å². The van der Waals surface area contributed by atoms with Gasteiger partial charge >= 0.3 is 0 Å². The Bertz CT molecular complexity index is 417. The van der Waals surface area contributed by atoms with Gasteiger partial charge in [0.25, 0.3) is 5.91 Å². The summed E-state index contributed by atoms with van der Waals surface area (Å²) in [4.78, 5) is 11.6. The Morgan fingerprint density at radius 3 is 2.60 bits per heavy atom. The van der Waals surface area contributed by atoms with Crippen LogP contribution in [0.5, 0.6) is 0 Å². The molecule has 1 unspecified atom stereocenters. The molecule has 4 nitrogen and oxygen atoms in total. The van der Waals surface area contributed by atoms with Gasteiger partial charge in [-0.15, -0.1) is 0 Å². The van der Waals surface area contributed by atoms with E-state index in [-0.39, 0.29) is 11.9 Å². The lowest BCUT2D eigenvalue weighted by atomic mass is 10.2. The minimum atomic E-state index is -0.246. The average molecular weight is 205 g/mol. The Morgan fingerprint density at radius 1 is 1.27 bits per heavy atom. The van der Waals surface area contributed by atoms with Gasteiger partial charge in [0.2, 0.25) is 0 Å². The van der Waals surface area contributed by atoms with Crippen LogP contribution in [-0.4, -0.2) is 5.91 Å². The van der Waals surface area contributed by atoms with Gasteiger partial charge in [0.05, 0.1) is 18.6 Å². The first-order chi connectivity index (χ1) is 7.27. The Hall–Kier alpha value is -1.97. The Kier molecular flexibility index (Phi) is 2.58. The number of amides is 1. The summed E-state index contributed by atoms with van der Waals surface area (Å²) >= 11 is 0. The molecule has 0 aliphatic rings. The van der Waals surface area contributed by atoms with E-state index in [9.17, 15) is 4.79 Å². The van der Waals surface area contributed by atoms with Gasteiger partial charge in [-0.25, -0.2) is 0 Å².